The predicted octanol–water partition coefficient (Wildman–Crippen LogP) is 2.87. The second-order valence-electron chi connectivity index (χ2n) is 5.06. The molecule has 2 aromatic rings. The Kier molecular flexibility index (Phi) is 4.06. The van der Waals surface area contributed by atoms with Gasteiger partial charge in [0.1, 0.15) is 11.3 Å². The fourth-order valence-corrected chi connectivity index (χ4v) is 2.61. The van der Waals surface area contributed by atoms with Gasteiger partial charge in [-0.15, -0.1) is 0 Å². The van der Waals surface area contributed by atoms with Crippen LogP contribution in [0.3, 0.4) is 0 Å². The van der Waals surface area contributed by atoms with Crippen LogP contribution in [0.4, 0.5) is 0 Å². The summed E-state index contributed by atoms with van der Waals surface area (Å²) in [7, 11) is 0. The molecule has 0 bridgehead atoms. The molecule has 1 amide bonds. The van der Waals surface area contributed by atoms with E-state index in [9.17, 15) is 4.79 Å². The standard InChI is InChI=1S/C17H19NO3/c1-2-15-14(13-5-3-4-6-16(13)21-15)7-8-17(19)18-9-11-20-12-10-18/h3-8H,2,9-12H2,1H3/b8-7+. The first-order valence-electron chi connectivity index (χ1n) is 7.34. The third kappa shape index (κ3) is 2.85. The van der Waals surface area contributed by atoms with Gasteiger partial charge in [-0.1, -0.05) is 25.1 Å². The Balaban J connectivity index is 1.86. The lowest BCUT2D eigenvalue weighted by Gasteiger charge is -2.25. The van der Waals surface area contributed by atoms with E-state index in [1.165, 1.54) is 0 Å². The van der Waals surface area contributed by atoms with Crippen LogP contribution in [0.1, 0.15) is 18.2 Å². The van der Waals surface area contributed by atoms with Crippen LogP contribution in [-0.2, 0) is 16.0 Å². The highest BCUT2D eigenvalue weighted by molar-refractivity contribution is 5.96. The summed E-state index contributed by atoms with van der Waals surface area (Å²) in [6.45, 7) is 4.62. The molecule has 0 N–H and O–H groups in total. The smallest absolute Gasteiger partial charge is 0.246 e. The Morgan fingerprint density at radius 2 is 2.05 bits per heavy atom. The third-order valence-electron chi connectivity index (χ3n) is 3.75. The van der Waals surface area contributed by atoms with Crippen molar-refractivity contribution in [3.63, 3.8) is 0 Å². The van der Waals surface area contributed by atoms with Crippen molar-refractivity contribution >= 4 is 23.0 Å². The zero-order chi connectivity index (χ0) is 14.7. The van der Waals surface area contributed by atoms with Gasteiger partial charge in [-0.2, -0.15) is 0 Å². The molecule has 0 radical (unpaired) electrons. The number of fused-ring (bicyclic) bond motifs is 1. The van der Waals surface area contributed by atoms with Gasteiger partial charge in [-0.25, -0.2) is 0 Å². The molecule has 2 heterocycles. The number of ether oxygens (including phenoxy) is 1. The number of carbonyl (C=O) groups is 1. The molecule has 0 aliphatic carbocycles. The lowest BCUT2D eigenvalue weighted by atomic mass is 10.1. The molecule has 1 fully saturated rings. The highest BCUT2D eigenvalue weighted by atomic mass is 16.5. The summed E-state index contributed by atoms with van der Waals surface area (Å²) < 4.78 is 11.1. The van der Waals surface area contributed by atoms with Crippen molar-refractivity contribution in [1.29, 1.82) is 0 Å². The van der Waals surface area contributed by atoms with Crippen molar-refractivity contribution in [2.24, 2.45) is 0 Å². The number of amides is 1. The quantitative estimate of drug-likeness (QED) is 0.814. The first-order valence-corrected chi connectivity index (χ1v) is 7.34. The molecule has 1 saturated heterocycles. The average Bonchev–Trinajstić information content (AvgIpc) is 2.91. The van der Waals surface area contributed by atoms with Gasteiger partial charge in [-0.3, -0.25) is 4.79 Å². The fraction of sp³-hybridized carbons (Fsp3) is 0.353. The van der Waals surface area contributed by atoms with E-state index in [0.29, 0.717) is 26.3 Å². The van der Waals surface area contributed by atoms with Crippen molar-refractivity contribution in [3.8, 4) is 0 Å². The van der Waals surface area contributed by atoms with E-state index < -0.39 is 0 Å². The number of carbonyl (C=O) groups excluding carboxylic acids is 1. The topological polar surface area (TPSA) is 42.7 Å². The van der Waals surface area contributed by atoms with E-state index >= 15 is 0 Å². The number of para-hydroxylation sites is 1. The Morgan fingerprint density at radius 3 is 2.81 bits per heavy atom. The lowest BCUT2D eigenvalue weighted by Crippen LogP contribution is -2.39. The Hall–Kier alpha value is -2.07. The predicted molar refractivity (Wildman–Crippen MR) is 82.0 cm³/mol. The molecule has 0 atom stereocenters. The van der Waals surface area contributed by atoms with Gasteiger partial charge in [0.05, 0.1) is 13.2 Å². The number of benzene rings is 1. The van der Waals surface area contributed by atoms with Crippen molar-refractivity contribution in [1.82, 2.24) is 4.90 Å². The average molecular weight is 285 g/mol. The summed E-state index contributed by atoms with van der Waals surface area (Å²) in [5.74, 6) is 0.952. The van der Waals surface area contributed by atoms with Gasteiger partial charge in [0.15, 0.2) is 0 Å². The SMILES string of the molecule is CCc1oc2ccccc2c1/C=C/C(=O)N1CCOCC1. The number of nitrogens with zero attached hydrogens (tertiary/aromatic N) is 1. The van der Waals surface area contributed by atoms with Crippen LogP contribution in [0.2, 0.25) is 0 Å². The summed E-state index contributed by atoms with van der Waals surface area (Å²) >= 11 is 0. The first kappa shape index (κ1) is 13.9. The van der Waals surface area contributed by atoms with E-state index in [1.807, 2.05) is 35.2 Å². The maximum atomic E-state index is 12.2. The normalized spacial score (nSPS) is 16.0. The van der Waals surface area contributed by atoms with Crippen LogP contribution in [-0.4, -0.2) is 37.1 Å². The number of rotatable bonds is 3. The van der Waals surface area contributed by atoms with Crippen LogP contribution in [0.15, 0.2) is 34.8 Å². The molecule has 4 nitrogen and oxygen atoms in total. The van der Waals surface area contributed by atoms with Gasteiger partial charge >= 0.3 is 0 Å². The lowest BCUT2D eigenvalue weighted by molar-refractivity contribution is -0.129. The first-order chi connectivity index (χ1) is 10.3. The van der Waals surface area contributed by atoms with E-state index in [2.05, 4.69) is 6.92 Å². The molecule has 1 aliphatic rings. The van der Waals surface area contributed by atoms with Crippen LogP contribution < -0.4 is 0 Å². The van der Waals surface area contributed by atoms with Gasteiger partial charge in [-0.05, 0) is 12.1 Å². The zero-order valence-corrected chi connectivity index (χ0v) is 12.2. The summed E-state index contributed by atoms with van der Waals surface area (Å²) in [6.07, 6.45) is 4.32. The van der Waals surface area contributed by atoms with Crippen LogP contribution in [0.5, 0.6) is 0 Å². The molecule has 1 aliphatic heterocycles. The number of furan rings is 1. The number of morpholine rings is 1. The molecular weight excluding hydrogens is 266 g/mol. The third-order valence-corrected chi connectivity index (χ3v) is 3.75. The molecule has 1 aromatic heterocycles. The summed E-state index contributed by atoms with van der Waals surface area (Å²) in [4.78, 5) is 14.0. The Bertz CT molecular complexity index is 666. The molecule has 0 saturated carbocycles. The van der Waals surface area contributed by atoms with Crippen LogP contribution in [0, 0.1) is 0 Å². The van der Waals surface area contributed by atoms with Crippen molar-refractivity contribution in [3.05, 3.63) is 41.7 Å². The van der Waals surface area contributed by atoms with Gasteiger partial charge < -0.3 is 14.1 Å². The number of aryl methyl sites for hydroxylation is 1. The Labute approximate surface area is 124 Å². The second-order valence-corrected chi connectivity index (χ2v) is 5.06. The van der Waals surface area contributed by atoms with Crippen LogP contribution in [0.25, 0.3) is 17.0 Å². The fourth-order valence-electron chi connectivity index (χ4n) is 2.61. The van der Waals surface area contributed by atoms with Crippen molar-refractivity contribution in [2.45, 2.75) is 13.3 Å². The largest absolute Gasteiger partial charge is 0.460 e. The number of hydrogen-bond donors (Lipinski definition) is 0. The molecular formula is C17H19NO3. The van der Waals surface area contributed by atoms with E-state index in [0.717, 1.165) is 28.7 Å². The highest BCUT2D eigenvalue weighted by Crippen LogP contribution is 2.27. The molecule has 0 unspecified atom stereocenters. The molecule has 1 aromatic carbocycles. The highest BCUT2D eigenvalue weighted by Gasteiger charge is 2.15. The summed E-state index contributed by atoms with van der Waals surface area (Å²) in [6, 6.07) is 7.92. The maximum absolute atomic E-state index is 12.2. The minimum atomic E-state index is 0.0330. The summed E-state index contributed by atoms with van der Waals surface area (Å²) in [5.41, 5.74) is 1.88. The molecule has 4 heteroatoms. The second kappa shape index (κ2) is 6.14. The molecule has 110 valence electrons. The molecule has 21 heavy (non-hydrogen) atoms. The van der Waals surface area contributed by atoms with Gasteiger partial charge in [0.25, 0.3) is 0 Å². The molecule has 0 spiro atoms. The Morgan fingerprint density at radius 1 is 1.29 bits per heavy atom. The monoisotopic (exact) mass is 285 g/mol. The zero-order valence-electron chi connectivity index (χ0n) is 12.2. The van der Waals surface area contributed by atoms with Gasteiger partial charge in [0, 0.05) is 36.5 Å². The maximum Gasteiger partial charge on any atom is 0.246 e. The minimum absolute atomic E-state index is 0.0330. The van der Waals surface area contributed by atoms with Crippen LogP contribution >= 0.6 is 0 Å². The van der Waals surface area contributed by atoms with E-state index in [-0.39, 0.29) is 5.91 Å². The number of hydrogen-bond acceptors (Lipinski definition) is 3. The van der Waals surface area contributed by atoms with Crippen molar-refractivity contribution < 1.29 is 13.9 Å². The summed E-state index contributed by atoms with van der Waals surface area (Å²) in [5, 5.41) is 1.06. The van der Waals surface area contributed by atoms with Crippen molar-refractivity contribution in [2.75, 3.05) is 26.3 Å². The minimum Gasteiger partial charge on any atom is -0.460 e. The molecule has 3 rings (SSSR count). The van der Waals surface area contributed by atoms with Gasteiger partial charge in [0.2, 0.25) is 5.91 Å². The van der Waals surface area contributed by atoms with E-state index in [4.69, 9.17) is 9.15 Å². The van der Waals surface area contributed by atoms with E-state index in [1.54, 1.807) is 6.08 Å².